The van der Waals surface area contributed by atoms with Gasteiger partial charge in [-0.2, -0.15) is 0 Å². The number of carbonyl (C=O) groups excluding carboxylic acids is 1. The van der Waals surface area contributed by atoms with E-state index in [4.69, 9.17) is 10.5 Å². The van der Waals surface area contributed by atoms with Crippen LogP contribution in [0.15, 0.2) is 47.4 Å². The molecule has 0 bridgehead atoms. The maximum absolute atomic E-state index is 13.1. The number of rotatable bonds is 6. The molecule has 2 unspecified atom stereocenters. The lowest BCUT2D eigenvalue weighted by Crippen LogP contribution is -2.74. The number of aromatic nitrogens is 1. The minimum absolute atomic E-state index is 0. The van der Waals surface area contributed by atoms with Crippen molar-refractivity contribution < 1.29 is 13.9 Å². The van der Waals surface area contributed by atoms with E-state index in [1.807, 2.05) is 20.8 Å². The van der Waals surface area contributed by atoms with Gasteiger partial charge < -0.3 is 20.4 Å². The largest absolute Gasteiger partial charge is 0.378 e. The summed E-state index contributed by atoms with van der Waals surface area (Å²) in [4.78, 5) is 25.6. The van der Waals surface area contributed by atoms with Gasteiger partial charge >= 0.3 is 0 Å². The molecule has 1 aromatic heterocycles. The summed E-state index contributed by atoms with van der Waals surface area (Å²) in [6.07, 6.45) is 1.92. The van der Waals surface area contributed by atoms with Gasteiger partial charge in [-0.25, -0.2) is 4.39 Å². The minimum atomic E-state index is -1.11. The van der Waals surface area contributed by atoms with Crippen molar-refractivity contribution in [1.29, 1.82) is 0 Å². The molecule has 8 heteroatoms. The zero-order valence-electron chi connectivity index (χ0n) is 16.8. The molecule has 0 saturated heterocycles. The first-order chi connectivity index (χ1) is 13.2. The Kier molecular flexibility index (Phi) is 6.88. The third-order valence-corrected chi connectivity index (χ3v) is 5.77. The molecule has 1 fully saturated rings. The van der Waals surface area contributed by atoms with Gasteiger partial charge in [-0.05, 0) is 36.8 Å². The summed E-state index contributed by atoms with van der Waals surface area (Å²) in [7, 11) is 0. The number of hydrogen-bond acceptors (Lipinski definition) is 4. The van der Waals surface area contributed by atoms with Crippen LogP contribution < -0.4 is 16.6 Å². The highest BCUT2D eigenvalue weighted by molar-refractivity contribution is 5.99. The molecule has 1 saturated carbocycles. The van der Waals surface area contributed by atoms with Crippen molar-refractivity contribution in [2.75, 3.05) is 11.9 Å². The highest BCUT2D eigenvalue weighted by atomic mass is 35.5. The smallest absolute Gasteiger partial charge is 0.274 e. The van der Waals surface area contributed by atoms with E-state index in [1.165, 1.54) is 16.7 Å². The van der Waals surface area contributed by atoms with Gasteiger partial charge in [0.15, 0.2) is 0 Å². The second-order valence-electron chi connectivity index (χ2n) is 7.78. The molecule has 1 heterocycles. The van der Waals surface area contributed by atoms with Gasteiger partial charge in [0.25, 0.3) is 5.56 Å². The first-order valence-corrected chi connectivity index (χ1v) is 9.35. The van der Waals surface area contributed by atoms with Crippen LogP contribution in [0.2, 0.25) is 0 Å². The molecule has 0 aliphatic heterocycles. The first kappa shape index (κ1) is 23.1. The average Bonchev–Trinajstić information content (AvgIpc) is 2.66. The summed E-state index contributed by atoms with van der Waals surface area (Å²) in [5.74, 6) is -0.732. The van der Waals surface area contributed by atoms with Crippen molar-refractivity contribution in [3.63, 3.8) is 0 Å². The van der Waals surface area contributed by atoms with Crippen LogP contribution in [-0.4, -0.2) is 28.7 Å². The zero-order valence-corrected chi connectivity index (χ0v) is 17.6. The molecule has 2 aromatic rings. The molecule has 29 heavy (non-hydrogen) atoms. The third kappa shape index (κ3) is 4.22. The van der Waals surface area contributed by atoms with Crippen molar-refractivity contribution in [2.45, 2.75) is 45.4 Å². The Labute approximate surface area is 175 Å². The molecule has 6 nitrogen and oxygen atoms in total. The van der Waals surface area contributed by atoms with E-state index < -0.39 is 16.9 Å². The Bertz CT molecular complexity index is 930. The van der Waals surface area contributed by atoms with Gasteiger partial charge in [0, 0.05) is 24.6 Å². The number of halogens is 2. The number of ether oxygens (including phenoxy) is 1. The number of amides is 1. The zero-order chi connectivity index (χ0) is 20.5. The molecule has 3 rings (SSSR count). The number of anilines is 1. The number of pyridine rings is 1. The number of hydrogen-bond donors (Lipinski definition) is 2. The Hall–Kier alpha value is -2.22. The van der Waals surface area contributed by atoms with Gasteiger partial charge in [0.05, 0.1) is 12.6 Å². The lowest BCUT2D eigenvalue weighted by atomic mass is 9.54. The number of nitrogens with two attached hydrogens (primary N) is 1. The maximum atomic E-state index is 13.1. The number of nitrogens with zero attached hydrogens (tertiary/aromatic N) is 1. The molecule has 1 aromatic carbocycles. The number of benzene rings is 1. The normalized spacial score (nSPS) is 22.3. The van der Waals surface area contributed by atoms with E-state index in [1.54, 1.807) is 30.5 Å². The molecule has 0 spiro atoms. The minimum Gasteiger partial charge on any atom is -0.378 e. The van der Waals surface area contributed by atoms with Crippen molar-refractivity contribution >= 4 is 24.0 Å². The Morgan fingerprint density at radius 3 is 2.55 bits per heavy atom. The maximum Gasteiger partial charge on any atom is 0.274 e. The fourth-order valence-electron chi connectivity index (χ4n) is 3.60. The second kappa shape index (κ2) is 8.65. The summed E-state index contributed by atoms with van der Waals surface area (Å²) < 4.78 is 20.2. The third-order valence-electron chi connectivity index (χ3n) is 5.77. The topological polar surface area (TPSA) is 86.3 Å². The molecular weight excluding hydrogens is 397 g/mol. The molecule has 3 N–H and O–H groups in total. The van der Waals surface area contributed by atoms with E-state index in [0.717, 1.165) is 5.56 Å². The molecular formula is C21H27ClFN3O3. The van der Waals surface area contributed by atoms with Crippen LogP contribution in [0.3, 0.4) is 0 Å². The average molecular weight is 424 g/mol. The first-order valence-electron chi connectivity index (χ1n) is 9.35. The van der Waals surface area contributed by atoms with Crippen molar-refractivity contribution in [3.05, 3.63) is 64.3 Å². The fourth-order valence-corrected chi connectivity index (χ4v) is 3.60. The van der Waals surface area contributed by atoms with E-state index in [2.05, 4.69) is 5.32 Å². The molecule has 0 radical (unpaired) electrons. The van der Waals surface area contributed by atoms with E-state index in [9.17, 15) is 14.0 Å². The predicted octanol–water partition coefficient (Wildman–Crippen LogP) is 2.93. The van der Waals surface area contributed by atoms with Crippen LogP contribution in [0.5, 0.6) is 0 Å². The van der Waals surface area contributed by atoms with Crippen LogP contribution in [-0.2, 0) is 16.1 Å². The Balaban J connectivity index is 0.00000300. The summed E-state index contributed by atoms with van der Waals surface area (Å²) >= 11 is 0. The molecule has 1 amide bonds. The second-order valence-corrected chi connectivity index (χ2v) is 7.78. The van der Waals surface area contributed by atoms with Crippen LogP contribution in [0.4, 0.5) is 10.1 Å². The standard InChI is InChI=1S/C21H26FN3O3.ClH/c1-4-28-17-12-21(23,20(17,2)3)19(27)24-16-6-5-11-25(18(16)26)13-14-7-9-15(22)10-8-14;/h5-11,17H,4,12-13,23H2,1-3H3,(H,24,27);1H. The highest BCUT2D eigenvalue weighted by Crippen LogP contribution is 2.50. The van der Waals surface area contributed by atoms with Gasteiger partial charge in [-0.1, -0.05) is 26.0 Å². The van der Waals surface area contributed by atoms with Crippen LogP contribution >= 0.6 is 12.4 Å². The van der Waals surface area contributed by atoms with Gasteiger partial charge in [-0.3, -0.25) is 9.59 Å². The molecule has 2 atom stereocenters. The quantitative estimate of drug-likeness (QED) is 0.747. The van der Waals surface area contributed by atoms with Crippen molar-refractivity contribution in [3.8, 4) is 0 Å². The fraction of sp³-hybridized carbons (Fsp3) is 0.429. The molecule has 158 valence electrons. The highest BCUT2D eigenvalue weighted by Gasteiger charge is 2.62. The van der Waals surface area contributed by atoms with E-state index in [0.29, 0.717) is 13.0 Å². The number of carbonyl (C=O) groups is 1. The Morgan fingerprint density at radius 1 is 1.31 bits per heavy atom. The number of nitrogens with one attached hydrogen (secondary N) is 1. The van der Waals surface area contributed by atoms with Crippen LogP contribution in [0, 0.1) is 11.2 Å². The van der Waals surface area contributed by atoms with E-state index in [-0.39, 0.29) is 42.1 Å². The lowest BCUT2D eigenvalue weighted by Gasteiger charge is -2.57. The molecule has 1 aliphatic carbocycles. The van der Waals surface area contributed by atoms with Crippen LogP contribution in [0.1, 0.15) is 32.8 Å². The lowest BCUT2D eigenvalue weighted by molar-refractivity contribution is -0.166. The summed E-state index contributed by atoms with van der Waals surface area (Å²) in [5, 5.41) is 2.69. The monoisotopic (exact) mass is 423 g/mol. The predicted molar refractivity (Wildman–Crippen MR) is 113 cm³/mol. The van der Waals surface area contributed by atoms with Gasteiger partial charge in [-0.15, -0.1) is 12.4 Å². The van der Waals surface area contributed by atoms with Gasteiger partial charge in [0.1, 0.15) is 17.0 Å². The van der Waals surface area contributed by atoms with Crippen molar-refractivity contribution in [1.82, 2.24) is 4.57 Å². The van der Waals surface area contributed by atoms with E-state index >= 15 is 0 Å². The SMILES string of the molecule is CCOC1CC(N)(C(=O)Nc2cccn(Cc3ccc(F)cc3)c2=O)C1(C)C.Cl. The summed E-state index contributed by atoms with van der Waals surface area (Å²) in [6.45, 7) is 6.52. The van der Waals surface area contributed by atoms with Crippen LogP contribution in [0.25, 0.3) is 0 Å². The van der Waals surface area contributed by atoms with Gasteiger partial charge in [0.2, 0.25) is 5.91 Å². The Morgan fingerprint density at radius 2 is 1.97 bits per heavy atom. The molecule has 1 aliphatic rings. The summed E-state index contributed by atoms with van der Waals surface area (Å²) in [5.41, 5.74) is 5.32. The summed E-state index contributed by atoms with van der Waals surface area (Å²) in [6, 6.07) is 9.16. The van der Waals surface area contributed by atoms with Crippen molar-refractivity contribution in [2.24, 2.45) is 11.1 Å².